The van der Waals surface area contributed by atoms with Crippen molar-refractivity contribution in [2.45, 2.75) is 12.2 Å². The van der Waals surface area contributed by atoms with Crippen molar-refractivity contribution in [1.82, 2.24) is 15.3 Å². The van der Waals surface area contributed by atoms with Crippen LogP contribution in [0, 0.1) is 0 Å². The normalized spacial score (nSPS) is 14.5. The Balaban J connectivity index is 1.34. The van der Waals surface area contributed by atoms with Gasteiger partial charge in [-0.15, -0.1) is 0 Å². The maximum atomic E-state index is 12.1. The second kappa shape index (κ2) is 9.43. The second-order valence-corrected chi connectivity index (χ2v) is 6.72. The van der Waals surface area contributed by atoms with E-state index in [-0.39, 0.29) is 5.91 Å². The van der Waals surface area contributed by atoms with Crippen molar-refractivity contribution in [3.05, 3.63) is 42.1 Å². The van der Waals surface area contributed by atoms with E-state index in [4.69, 9.17) is 9.15 Å². The van der Waals surface area contributed by atoms with Crippen LogP contribution in [0.1, 0.15) is 22.5 Å². The first kappa shape index (κ1) is 17.8. The zero-order valence-electron chi connectivity index (χ0n) is 14.0. The molecule has 3 rings (SSSR count). The highest BCUT2D eigenvalue weighted by atomic mass is 32.2. The smallest absolute Gasteiger partial charge is 0.254 e. The lowest BCUT2D eigenvalue weighted by Gasteiger charge is -2.26. The molecular weight excluding hydrogens is 340 g/mol. The van der Waals surface area contributed by atoms with Gasteiger partial charge in [0.25, 0.3) is 5.91 Å². The summed E-state index contributed by atoms with van der Waals surface area (Å²) in [6.45, 7) is 3.56. The summed E-state index contributed by atoms with van der Waals surface area (Å²) in [4.78, 5) is 22.7. The highest BCUT2D eigenvalue weighted by Crippen LogP contribution is 2.13. The summed E-state index contributed by atoms with van der Waals surface area (Å²) in [6.07, 6.45) is 5.75. The van der Waals surface area contributed by atoms with Crippen LogP contribution >= 0.6 is 11.8 Å². The minimum absolute atomic E-state index is 0.135. The van der Waals surface area contributed by atoms with Gasteiger partial charge in [-0.25, -0.2) is 9.97 Å². The van der Waals surface area contributed by atoms with Gasteiger partial charge in [0.05, 0.1) is 30.8 Å². The third-order valence-electron chi connectivity index (χ3n) is 3.77. The first-order valence-electron chi connectivity index (χ1n) is 8.36. The van der Waals surface area contributed by atoms with Gasteiger partial charge in [0, 0.05) is 32.0 Å². The van der Waals surface area contributed by atoms with Gasteiger partial charge < -0.3 is 19.4 Å². The number of carbonyl (C=O) groups is 1. The van der Waals surface area contributed by atoms with Crippen LogP contribution in [0.2, 0.25) is 0 Å². The molecule has 7 nitrogen and oxygen atoms in total. The summed E-state index contributed by atoms with van der Waals surface area (Å²) in [5.41, 5.74) is 0.486. The third kappa shape index (κ3) is 5.47. The molecule has 8 heteroatoms. The van der Waals surface area contributed by atoms with Gasteiger partial charge in [-0.2, -0.15) is 11.8 Å². The molecule has 0 radical (unpaired) electrons. The molecule has 1 aliphatic heterocycles. The fraction of sp³-hybridized carbons (Fsp3) is 0.471. The molecule has 1 saturated heterocycles. The Labute approximate surface area is 151 Å². The maximum absolute atomic E-state index is 12.1. The van der Waals surface area contributed by atoms with Crippen molar-refractivity contribution in [3.63, 3.8) is 0 Å². The number of morpholine rings is 1. The summed E-state index contributed by atoms with van der Waals surface area (Å²) < 4.78 is 10.6. The van der Waals surface area contributed by atoms with Gasteiger partial charge in [-0.05, 0) is 24.3 Å². The van der Waals surface area contributed by atoms with Gasteiger partial charge in [-0.3, -0.25) is 4.79 Å². The zero-order chi connectivity index (χ0) is 17.3. The van der Waals surface area contributed by atoms with Crippen LogP contribution in [-0.2, 0) is 10.5 Å². The van der Waals surface area contributed by atoms with E-state index in [0.717, 1.165) is 36.8 Å². The molecule has 0 aliphatic carbocycles. The fourth-order valence-corrected chi connectivity index (χ4v) is 3.27. The molecule has 25 heavy (non-hydrogen) atoms. The predicted octanol–water partition coefficient (Wildman–Crippen LogP) is 1.96. The van der Waals surface area contributed by atoms with Crippen LogP contribution in [0.3, 0.4) is 0 Å². The molecule has 134 valence electrons. The van der Waals surface area contributed by atoms with E-state index in [1.165, 1.54) is 0 Å². The molecule has 1 aliphatic rings. The number of ether oxygens (including phenoxy) is 1. The Morgan fingerprint density at radius 3 is 2.80 bits per heavy atom. The van der Waals surface area contributed by atoms with Crippen LogP contribution in [0.4, 0.5) is 5.95 Å². The average Bonchev–Trinajstić information content (AvgIpc) is 3.19. The summed E-state index contributed by atoms with van der Waals surface area (Å²) in [5, 5.41) is 2.90. The number of anilines is 1. The van der Waals surface area contributed by atoms with Crippen molar-refractivity contribution >= 4 is 23.6 Å². The van der Waals surface area contributed by atoms with E-state index in [1.807, 2.05) is 12.1 Å². The largest absolute Gasteiger partial charge is 0.468 e. The van der Waals surface area contributed by atoms with Crippen LogP contribution in [0.5, 0.6) is 0 Å². The van der Waals surface area contributed by atoms with Crippen molar-refractivity contribution in [2.75, 3.05) is 43.5 Å². The topological polar surface area (TPSA) is 80.5 Å². The zero-order valence-corrected chi connectivity index (χ0v) is 14.8. The van der Waals surface area contributed by atoms with E-state index in [2.05, 4.69) is 20.2 Å². The molecule has 0 aromatic carbocycles. The predicted molar refractivity (Wildman–Crippen MR) is 96.9 cm³/mol. The summed E-state index contributed by atoms with van der Waals surface area (Å²) in [7, 11) is 0. The minimum atomic E-state index is -0.135. The molecule has 1 fully saturated rings. The Kier molecular flexibility index (Phi) is 6.70. The molecule has 3 heterocycles. The monoisotopic (exact) mass is 362 g/mol. The first-order chi connectivity index (χ1) is 12.3. The SMILES string of the molecule is O=C(NCCCSCc1ccco1)c1cnc(N2CCOCC2)nc1. The number of furan rings is 1. The Morgan fingerprint density at radius 2 is 2.08 bits per heavy atom. The quantitative estimate of drug-likeness (QED) is 0.719. The van der Waals surface area contributed by atoms with Crippen molar-refractivity contribution in [2.24, 2.45) is 0 Å². The number of nitrogens with one attached hydrogen (secondary N) is 1. The Hall–Kier alpha value is -2.06. The molecule has 1 amide bonds. The highest BCUT2D eigenvalue weighted by Gasteiger charge is 2.14. The minimum Gasteiger partial charge on any atom is -0.468 e. The number of rotatable bonds is 8. The van der Waals surface area contributed by atoms with Gasteiger partial charge in [0.2, 0.25) is 5.95 Å². The summed E-state index contributed by atoms with van der Waals surface area (Å²) >= 11 is 1.79. The molecule has 0 unspecified atom stereocenters. The van der Waals surface area contributed by atoms with Gasteiger partial charge in [0.15, 0.2) is 0 Å². The van der Waals surface area contributed by atoms with Crippen LogP contribution in [0.15, 0.2) is 35.2 Å². The summed E-state index contributed by atoms with van der Waals surface area (Å²) in [6, 6.07) is 3.86. The standard InChI is InChI=1S/C17H22N4O3S/c22-16(18-4-2-10-25-13-15-3-1-7-24-15)14-11-19-17(20-12-14)21-5-8-23-9-6-21/h1,3,7,11-12H,2,4-6,8-10,13H2,(H,18,22). The fourth-order valence-electron chi connectivity index (χ4n) is 2.41. The molecule has 0 saturated carbocycles. The maximum Gasteiger partial charge on any atom is 0.254 e. The number of nitrogens with zero attached hydrogens (tertiary/aromatic N) is 3. The average molecular weight is 362 g/mol. The van der Waals surface area contributed by atoms with Gasteiger partial charge >= 0.3 is 0 Å². The number of hydrogen-bond donors (Lipinski definition) is 1. The van der Waals surface area contributed by atoms with Crippen molar-refractivity contribution in [1.29, 1.82) is 0 Å². The number of hydrogen-bond acceptors (Lipinski definition) is 7. The van der Waals surface area contributed by atoms with Crippen molar-refractivity contribution in [3.8, 4) is 0 Å². The molecule has 0 spiro atoms. The number of carbonyl (C=O) groups excluding carboxylic acids is 1. The first-order valence-corrected chi connectivity index (χ1v) is 9.51. The van der Waals surface area contributed by atoms with E-state index < -0.39 is 0 Å². The lowest BCUT2D eigenvalue weighted by molar-refractivity contribution is 0.0953. The molecule has 0 bridgehead atoms. The number of thioether (sulfide) groups is 1. The van der Waals surface area contributed by atoms with E-state index >= 15 is 0 Å². The lowest BCUT2D eigenvalue weighted by Crippen LogP contribution is -2.37. The summed E-state index contributed by atoms with van der Waals surface area (Å²) in [5.74, 6) is 3.32. The van der Waals surface area contributed by atoms with Crippen molar-refractivity contribution < 1.29 is 13.9 Å². The van der Waals surface area contributed by atoms with Gasteiger partial charge in [0.1, 0.15) is 5.76 Å². The number of aromatic nitrogens is 2. The molecular formula is C17H22N4O3S. The molecule has 0 atom stereocenters. The third-order valence-corrected chi connectivity index (χ3v) is 4.84. The highest BCUT2D eigenvalue weighted by molar-refractivity contribution is 7.98. The van der Waals surface area contributed by atoms with Crippen LogP contribution < -0.4 is 10.2 Å². The van der Waals surface area contributed by atoms with E-state index in [1.54, 1.807) is 30.4 Å². The van der Waals surface area contributed by atoms with Crippen LogP contribution in [-0.4, -0.2) is 54.5 Å². The van der Waals surface area contributed by atoms with Gasteiger partial charge in [-0.1, -0.05) is 0 Å². The molecule has 2 aromatic heterocycles. The Morgan fingerprint density at radius 1 is 1.28 bits per heavy atom. The molecule has 2 aromatic rings. The van der Waals surface area contributed by atoms with E-state index in [0.29, 0.717) is 31.3 Å². The van der Waals surface area contributed by atoms with E-state index in [9.17, 15) is 4.79 Å². The lowest BCUT2D eigenvalue weighted by atomic mass is 10.3. The Bertz CT molecular complexity index is 642. The second-order valence-electron chi connectivity index (χ2n) is 5.61. The van der Waals surface area contributed by atoms with Crippen LogP contribution in [0.25, 0.3) is 0 Å². The number of amides is 1. The molecule has 1 N–H and O–H groups in total.